The van der Waals surface area contributed by atoms with Crippen molar-refractivity contribution in [3.63, 3.8) is 0 Å². The Balaban J connectivity index is 1.59. The minimum absolute atomic E-state index is 0.231. The topological polar surface area (TPSA) is 70.5 Å². The van der Waals surface area contributed by atoms with Gasteiger partial charge in [-0.05, 0) is 34.6 Å². The van der Waals surface area contributed by atoms with Crippen LogP contribution in [0.1, 0.15) is 37.3 Å². The second-order valence-corrected chi connectivity index (χ2v) is 10.1. The molecule has 0 radical (unpaired) electrons. The molecule has 0 aliphatic carbocycles. The van der Waals surface area contributed by atoms with E-state index in [4.69, 9.17) is 4.98 Å². The first-order valence-corrected chi connectivity index (χ1v) is 12.9. The van der Waals surface area contributed by atoms with Gasteiger partial charge >= 0.3 is 5.97 Å². The SMILES string of the molecule is CC(C)c1ccc(-c2ccccc2-c2csc(N(C)C(=O)C(CC(=O)O)Cc3ccccc3)n2)cc1. The maximum atomic E-state index is 13.3. The number of carbonyl (C=O) groups is 2. The zero-order valence-electron chi connectivity index (χ0n) is 20.7. The quantitative estimate of drug-likeness (QED) is 0.273. The first-order chi connectivity index (χ1) is 17.3. The Morgan fingerprint density at radius 2 is 1.56 bits per heavy atom. The number of carboxylic acids is 1. The number of thiazole rings is 1. The summed E-state index contributed by atoms with van der Waals surface area (Å²) < 4.78 is 0. The zero-order valence-corrected chi connectivity index (χ0v) is 21.5. The minimum atomic E-state index is -0.991. The van der Waals surface area contributed by atoms with E-state index in [0.717, 1.165) is 27.9 Å². The molecule has 0 spiro atoms. The molecule has 0 fully saturated rings. The molecule has 1 atom stereocenters. The summed E-state index contributed by atoms with van der Waals surface area (Å²) in [6.45, 7) is 4.36. The fourth-order valence-electron chi connectivity index (χ4n) is 4.27. The van der Waals surface area contributed by atoms with Gasteiger partial charge in [0, 0.05) is 18.0 Å². The van der Waals surface area contributed by atoms with Gasteiger partial charge in [0.2, 0.25) is 5.91 Å². The highest BCUT2D eigenvalue weighted by atomic mass is 32.1. The average molecular weight is 499 g/mol. The monoisotopic (exact) mass is 498 g/mol. The van der Waals surface area contributed by atoms with E-state index in [0.29, 0.717) is 17.5 Å². The Bertz CT molecular complexity index is 1330. The first-order valence-electron chi connectivity index (χ1n) is 12.0. The highest BCUT2D eigenvalue weighted by molar-refractivity contribution is 7.14. The number of amides is 1. The molecule has 3 aromatic carbocycles. The molecule has 1 unspecified atom stereocenters. The molecule has 0 aliphatic rings. The summed E-state index contributed by atoms with van der Waals surface area (Å²) in [7, 11) is 1.67. The summed E-state index contributed by atoms with van der Waals surface area (Å²) in [6.07, 6.45) is 0.134. The summed E-state index contributed by atoms with van der Waals surface area (Å²) in [4.78, 5) is 31.1. The van der Waals surface area contributed by atoms with Crippen molar-refractivity contribution in [1.29, 1.82) is 0 Å². The van der Waals surface area contributed by atoms with Gasteiger partial charge < -0.3 is 5.11 Å². The Morgan fingerprint density at radius 1 is 0.917 bits per heavy atom. The summed E-state index contributed by atoms with van der Waals surface area (Å²) in [5.74, 6) is -1.45. The van der Waals surface area contributed by atoms with Crippen LogP contribution in [-0.2, 0) is 16.0 Å². The van der Waals surface area contributed by atoms with Gasteiger partial charge in [0.1, 0.15) is 0 Å². The van der Waals surface area contributed by atoms with Crippen molar-refractivity contribution in [3.05, 3.63) is 95.4 Å². The van der Waals surface area contributed by atoms with E-state index in [9.17, 15) is 14.7 Å². The van der Waals surface area contributed by atoms with Crippen molar-refractivity contribution in [1.82, 2.24) is 4.98 Å². The fourth-order valence-corrected chi connectivity index (χ4v) is 5.07. The molecule has 184 valence electrons. The second kappa shape index (κ2) is 11.3. The molecule has 0 aliphatic heterocycles. The lowest BCUT2D eigenvalue weighted by molar-refractivity contribution is -0.140. The van der Waals surface area contributed by atoms with Gasteiger partial charge in [-0.3, -0.25) is 14.5 Å². The lowest BCUT2D eigenvalue weighted by Crippen LogP contribution is -2.35. The Kier molecular flexibility index (Phi) is 7.96. The normalized spacial score (nSPS) is 11.9. The summed E-state index contributed by atoms with van der Waals surface area (Å²) >= 11 is 1.38. The molecule has 6 heteroatoms. The highest BCUT2D eigenvalue weighted by Crippen LogP contribution is 2.35. The predicted molar refractivity (Wildman–Crippen MR) is 146 cm³/mol. The van der Waals surface area contributed by atoms with Gasteiger partial charge in [-0.25, -0.2) is 4.98 Å². The molecule has 1 N–H and O–H groups in total. The number of aliphatic carboxylic acids is 1. The van der Waals surface area contributed by atoms with Crippen LogP contribution in [0.3, 0.4) is 0 Å². The standard InChI is InChI=1S/C30H30N2O3S/c1-20(2)22-13-15-23(16-14-22)25-11-7-8-12-26(25)27-19-36-30(31-27)32(3)29(35)24(18-28(33)34)17-21-9-5-4-6-10-21/h4-16,19-20,24H,17-18H2,1-3H3,(H,33,34). The predicted octanol–water partition coefficient (Wildman–Crippen LogP) is 6.90. The maximum absolute atomic E-state index is 13.3. The van der Waals surface area contributed by atoms with Crippen LogP contribution in [0.5, 0.6) is 0 Å². The molecule has 36 heavy (non-hydrogen) atoms. The molecule has 0 saturated heterocycles. The Morgan fingerprint density at radius 3 is 2.19 bits per heavy atom. The van der Waals surface area contributed by atoms with Crippen LogP contribution in [0.15, 0.2) is 84.2 Å². The molecule has 5 nitrogen and oxygen atoms in total. The van der Waals surface area contributed by atoms with E-state index < -0.39 is 11.9 Å². The third-order valence-electron chi connectivity index (χ3n) is 6.30. The Labute approximate surface area is 216 Å². The van der Waals surface area contributed by atoms with Crippen molar-refractivity contribution in [3.8, 4) is 22.4 Å². The van der Waals surface area contributed by atoms with Crippen LogP contribution in [0.4, 0.5) is 5.13 Å². The van der Waals surface area contributed by atoms with Crippen LogP contribution in [0.2, 0.25) is 0 Å². The lowest BCUT2D eigenvalue weighted by Gasteiger charge is -2.21. The number of hydrogen-bond acceptors (Lipinski definition) is 4. The fraction of sp³-hybridized carbons (Fsp3) is 0.233. The lowest BCUT2D eigenvalue weighted by atomic mass is 9.95. The Hall–Kier alpha value is -3.77. The van der Waals surface area contributed by atoms with Crippen LogP contribution >= 0.6 is 11.3 Å². The van der Waals surface area contributed by atoms with E-state index in [2.05, 4.69) is 44.2 Å². The molecule has 4 rings (SSSR count). The third-order valence-corrected chi connectivity index (χ3v) is 7.21. The van der Waals surface area contributed by atoms with Gasteiger partial charge in [-0.15, -0.1) is 11.3 Å². The smallest absolute Gasteiger partial charge is 0.304 e. The molecule has 0 saturated carbocycles. The van der Waals surface area contributed by atoms with Crippen LogP contribution in [0, 0.1) is 5.92 Å². The molecule has 1 heterocycles. The van der Waals surface area contributed by atoms with Crippen LogP contribution in [0.25, 0.3) is 22.4 Å². The summed E-state index contributed by atoms with van der Waals surface area (Å²) in [5.41, 5.74) is 6.19. The van der Waals surface area contributed by atoms with E-state index >= 15 is 0 Å². The molecule has 0 bridgehead atoms. The summed E-state index contributed by atoms with van der Waals surface area (Å²) in [6, 6.07) is 26.2. The van der Waals surface area contributed by atoms with Gasteiger partial charge in [0.15, 0.2) is 5.13 Å². The molecular formula is C30H30N2O3S. The number of rotatable bonds is 9. The number of anilines is 1. The van der Waals surface area contributed by atoms with Crippen molar-refractivity contribution in [2.45, 2.75) is 32.6 Å². The average Bonchev–Trinajstić information content (AvgIpc) is 3.38. The molecule has 1 aromatic heterocycles. The highest BCUT2D eigenvalue weighted by Gasteiger charge is 2.27. The van der Waals surface area contributed by atoms with Gasteiger partial charge in [0.05, 0.1) is 18.0 Å². The van der Waals surface area contributed by atoms with Gasteiger partial charge in [-0.2, -0.15) is 0 Å². The number of hydrogen-bond donors (Lipinski definition) is 1. The van der Waals surface area contributed by atoms with E-state index in [1.165, 1.54) is 21.8 Å². The third kappa shape index (κ3) is 5.89. The first kappa shape index (κ1) is 25.3. The number of carboxylic acid groups (broad SMARTS) is 1. The van der Waals surface area contributed by atoms with Crippen molar-refractivity contribution in [2.24, 2.45) is 5.92 Å². The van der Waals surface area contributed by atoms with Crippen molar-refractivity contribution in [2.75, 3.05) is 11.9 Å². The molecule has 1 amide bonds. The van der Waals surface area contributed by atoms with Crippen molar-refractivity contribution >= 4 is 28.3 Å². The number of aromatic nitrogens is 1. The number of nitrogens with zero attached hydrogens (tertiary/aromatic N) is 2. The maximum Gasteiger partial charge on any atom is 0.304 e. The second-order valence-electron chi connectivity index (χ2n) is 9.22. The number of benzene rings is 3. The van der Waals surface area contributed by atoms with E-state index in [-0.39, 0.29) is 12.3 Å². The van der Waals surface area contributed by atoms with Gasteiger partial charge in [-0.1, -0.05) is 92.7 Å². The minimum Gasteiger partial charge on any atom is -0.481 e. The van der Waals surface area contributed by atoms with E-state index in [1.807, 2.05) is 53.9 Å². The number of carbonyl (C=O) groups excluding carboxylic acids is 1. The van der Waals surface area contributed by atoms with Crippen LogP contribution < -0.4 is 4.90 Å². The van der Waals surface area contributed by atoms with Gasteiger partial charge in [0.25, 0.3) is 0 Å². The van der Waals surface area contributed by atoms with Crippen LogP contribution in [-0.4, -0.2) is 29.0 Å². The molecular weight excluding hydrogens is 468 g/mol. The summed E-state index contributed by atoms with van der Waals surface area (Å²) in [5, 5.41) is 11.9. The zero-order chi connectivity index (χ0) is 25.7. The van der Waals surface area contributed by atoms with Crippen molar-refractivity contribution < 1.29 is 14.7 Å². The molecule has 4 aromatic rings. The van der Waals surface area contributed by atoms with E-state index in [1.54, 1.807) is 7.05 Å². The largest absolute Gasteiger partial charge is 0.481 e.